The number of rotatable bonds is 6. The van der Waals surface area contributed by atoms with E-state index in [1.165, 1.54) is 31.0 Å². The van der Waals surface area contributed by atoms with E-state index >= 15 is 0 Å². The minimum Gasteiger partial charge on any atom is -0.461 e. The minimum atomic E-state index is 0.0361. The summed E-state index contributed by atoms with van der Waals surface area (Å²) in [6.07, 6.45) is 7.56. The van der Waals surface area contributed by atoms with E-state index < -0.39 is 0 Å². The van der Waals surface area contributed by atoms with Crippen LogP contribution in [0.15, 0.2) is 58.3 Å². The Balaban J connectivity index is 1.53. The molecular weight excluding hydrogens is 372 g/mol. The second kappa shape index (κ2) is 8.65. The maximum absolute atomic E-state index is 12.7. The van der Waals surface area contributed by atoms with E-state index in [4.69, 9.17) is 4.42 Å². The van der Waals surface area contributed by atoms with Gasteiger partial charge >= 0.3 is 0 Å². The van der Waals surface area contributed by atoms with Crippen molar-refractivity contribution in [2.24, 2.45) is 0 Å². The van der Waals surface area contributed by atoms with Crippen LogP contribution >= 0.6 is 11.8 Å². The first-order valence-corrected chi connectivity index (χ1v) is 10.7. The maximum Gasteiger partial charge on any atom is 0.237 e. The van der Waals surface area contributed by atoms with Crippen LogP contribution in [0.5, 0.6) is 0 Å². The number of nitrogens with zero attached hydrogens (tertiary/aromatic N) is 4. The molecule has 2 heterocycles. The molecule has 0 saturated heterocycles. The monoisotopic (exact) mass is 396 g/mol. The molecule has 0 radical (unpaired) electrons. The molecule has 4 rings (SSSR count). The topological polar surface area (TPSA) is 64.2 Å². The number of aromatic nitrogens is 3. The molecule has 1 fully saturated rings. The molecule has 1 aliphatic rings. The van der Waals surface area contributed by atoms with Gasteiger partial charge in [-0.05, 0) is 37.1 Å². The summed E-state index contributed by atoms with van der Waals surface area (Å²) in [5.41, 5.74) is 0.887. The summed E-state index contributed by atoms with van der Waals surface area (Å²) < 4.78 is 7.76. The van der Waals surface area contributed by atoms with Gasteiger partial charge in [0.25, 0.3) is 0 Å². The quantitative estimate of drug-likeness (QED) is 0.560. The van der Waals surface area contributed by atoms with Gasteiger partial charge in [0.1, 0.15) is 0 Å². The normalized spacial score (nSPS) is 14.9. The van der Waals surface area contributed by atoms with Crippen LogP contribution in [0.2, 0.25) is 0 Å². The zero-order chi connectivity index (χ0) is 19.3. The molecule has 146 valence electrons. The van der Waals surface area contributed by atoms with Crippen LogP contribution in [0.3, 0.4) is 0 Å². The Bertz CT molecular complexity index is 902. The largest absolute Gasteiger partial charge is 0.461 e. The van der Waals surface area contributed by atoms with Crippen molar-refractivity contribution in [1.82, 2.24) is 14.8 Å². The highest BCUT2D eigenvalue weighted by atomic mass is 32.2. The molecule has 2 aromatic heterocycles. The van der Waals surface area contributed by atoms with Crippen LogP contribution in [-0.2, 0) is 4.79 Å². The summed E-state index contributed by atoms with van der Waals surface area (Å²) >= 11 is 1.45. The first kappa shape index (κ1) is 18.8. The van der Waals surface area contributed by atoms with Crippen molar-refractivity contribution in [3.63, 3.8) is 0 Å². The predicted octanol–water partition coefficient (Wildman–Crippen LogP) is 4.80. The number of carbonyl (C=O) groups is 1. The maximum atomic E-state index is 12.7. The second-order valence-corrected chi connectivity index (χ2v) is 7.96. The summed E-state index contributed by atoms with van der Waals surface area (Å²) in [6, 6.07) is 13.8. The Hall–Kier alpha value is -2.54. The number of para-hydroxylation sites is 1. The average Bonchev–Trinajstić information content (AvgIpc) is 3.42. The molecule has 0 spiro atoms. The molecule has 0 unspecified atom stereocenters. The third-order valence-electron chi connectivity index (χ3n) is 5.19. The molecule has 0 bridgehead atoms. The number of hydrogen-bond donors (Lipinski definition) is 0. The molecule has 1 aromatic carbocycles. The van der Waals surface area contributed by atoms with Crippen molar-refractivity contribution in [3.05, 3.63) is 48.7 Å². The summed E-state index contributed by atoms with van der Waals surface area (Å²) in [6.45, 7) is 0. The molecule has 1 saturated carbocycles. The van der Waals surface area contributed by atoms with Gasteiger partial charge in [-0.3, -0.25) is 9.36 Å². The van der Waals surface area contributed by atoms with Crippen molar-refractivity contribution in [3.8, 4) is 11.6 Å². The molecule has 6 nitrogen and oxygen atoms in total. The Morgan fingerprint density at radius 1 is 1.14 bits per heavy atom. The first-order valence-electron chi connectivity index (χ1n) is 9.67. The predicted molar refractivity (Wildman–Crippen MR) is 110 cm³/mol. The third kappa shape index (κ3) is 3.99. The molecule has 28 heavy (non-hydrogen) atoms. The van der Waals surface area contributed by atoms with Crippen LogP contribution in [0.1, 0.15) is 38.1 Å². The first-order chi connectivity index (χ1) is 13.7. The lowest BCUT2D eigenvalue weighted by Gasteiger charge is -2.25. The SMILES string of the molecule is CN(C(=O)CSc1nnc(-c2ccco2)n1C1CCCCC1)c1ccccc1. The Labute approximate surface area is 168 Å². The Morgan fingerprint density at radius 2 is 1.93 bits per heavy atom. The van der Waals surface area contributed by atoms with Gasteiger partial charge in [0.15, 0.2) is 10.9 Å². The number of furan rings is 1. The third-order valence-corrected chi connectivity index (χ3v) is 6.12. The number of benzene rings is 1. The average molecular weight is 397 g/mol. The van der Waals surface area contributed by atoms with E-state index in [2.05, 4.69) is 14.8 Å². The number of amides is 1. The zero-order valence-electron chi connectivity index (χ0n) is 16.0. The number of hydrogen-bond acceptors (Lipinski definition) is 5. The van der Waals surface area contributed by atoms with E-state index in [9.17, 15) is 4.79 Å². The molecule has 0 aliphatic heterocycles. The Morgan fingerprint density at radius 3 is 2.64 bits per heavy atom. The standard InChI is InChI=1S/C21H24N4O2S/c1-24(16-9-4-2-5-10-16)19(26)15-28-21-23-22-20(18-13-8-14-27-18)25(21)17-11-6-3-7-12-17/h2,4-5,8-10,13-14,17H,3,6-7,11-12,15H2,1H3. The van der Waals surface area contributed by atoms with Gasteiger partial charge in [-0.25, -0.2) is 0 Å². The molecule has 0 atom stereocenters. The fourth-order valence-corrected chi connectivity index (χ4v) is 4.56. The summed E-state index contributed by atoms with van der Waals surface area (Å²) in [7, 11) is 1.80. The lowest BCUT2D eigenvalue weighted by Crippen LogP contribution is -2.28. The smallest absolute Gasteiger partial charge is 0.237 e. The number of anilines is 1. The molecule has 7 heteroatoms. The van der Waals surface area contributed by atoms with Gasteiger partial charge in [-0.15, -0.1) is 10.2 Å². The summed E-state index contributed by atoms with van der Waals surface area (Å²) in [5, 5.41) is 9.57. The van der Waals surface area contributed by atoms with Crippen LogP contribution in [-0.4, -0.2) is 33.5 Å². The van der Waals surface area contributed by atoms with Crippen LogP contribution < -0.4 is 4.90 Å². The van der Waals surface area contributed by atoms with Crippen LogP contribution in [0.4, 0.5) is 5.69 Å². The van der Waals surface area contributed by atoms with Gasteiger partial charge in [-0.1, -0.05) is 49.2 Å². The molecule has 1 aliphatic carbocycles. The van der Waals surface area contributed by atoms with Crippen molar-refractivity contribution >= 4 is 23.4 Å². The molecular formula is C21H24N4O2S. The highest BCUT2D eigenvalue weighted by Crippen LogP contribution is 2.35. The van der Waals surface area contributed by atoms with Crippen LogP contribution in [0.25, 0.3) is 11.6 Å². The fourth-order valence-electron chi connectivity index (χ4n) is 3.64. The van der Waals surface area contributed by atoms with Gasteiger partial charge in [0, 0.05) is 18.8 Å². The molecule has 3 aromatic rings. The van der Waals surface area contributed by atoms with Gasteiger partial charge in [0.05, 0.1) is 12.0 Å². The fraction of sp³-hybridized carbons (Fsp3) is 0.381. The lowest BCUT2D eigenvalue weighted by atomic mass is 9.95. The van der Waals surface area contributed by atoms with E-state index in [1.807, 2.05) is 42.5 Å². The molecule has 0 N–H and O–H groups in total. The van der Waals surface area contributed by atoms with Gasteiger partial charge in [0.2, 0.25) is 11.7 Å². The van der Waals surface area contributed by atoms with E-state index in [1.54, 1.807) is 18.2 Å². The second-order valence-electron chi connectivity index (χ2n) is 7.02. The van der Waals surface area contributed by atoms with E-state index in [0.717, 1.165) is 35.3 Å². The summed E-state index contributed by atoms with van der Waals surface area (Å²) in [4.78, 5) is 14.4. The van der Waals surface area contributed by atoms with Gasteiger partial charge < -0.3 is 9.32 Å². The highest BCUT2D eigenvalue weighted by molar-refractivity contribution is 7.99. The van der Waals surface area contributed by atoms with Crippen molar-refractivity contribution in [2.45, 2.75) is 43.3 Å². The van der Waals surface area contributed by atoms with Crippen molar-refractivity contribution < 1.29 is 9.21 Å². The van der Waals surface area contributed by atoms with Crippen molar-refractivity contribution in [2.75, 3.05) is 17.7 Å². The van der Waals surface area contributed by atoms with Crippen LogP contribution in [0, 0.1) is 0 Å². The molecule has 1 amide bonds. The minimum absolute atomic E-state index is 0.0361. The highest BCUT2D eigenvalue weighted by Gasteiger charge is 2.25. The number of carbonyl (C=O) groups excluding carboxylic acids is 1. The lowest BCUT2D eigenvalue weighted by molar-refractivity contribution is -0.115. The van der Waals surface area contributed by atoms with Crippen molar-refractivity contribution in [1.29, 1.82) is 0 Å². The Kier molecular flexibility index (Phi) is 5.81. The number of thioether (sulfide) groups is 1. The summed E-state index contributed by atoms with van der Waals surface area (Å²) in [5.74, 6) is 1.82. The zero-order valence-corrected chi connectivity index (χ0v) is 16.8. The van der Waals surface area contributed by atoms with Gasteiger partial charge in [-0.2, -0.15) is 0 Å². The van der Waals surface area contributed by atoms with E-state index in [-0.39, 0.29) is 5.91 Å². The van der Waals surface area contributed by atoms with E-state index in [0.29, 0.717) is 11.8 Å².